The Kier molecular flexibility index (Phi) is 4.65. The Morgan fingerprint density at radius 1 is 1.04 bits per heavy atom. The number of nitrogens with zero attached hydrogens (tertiary/aromatic N) is 4. The molecule has 0 atom stereocenters. The monoisotopic (exact) mass is 392 g/mol. The Bertz CT molecular complexity index is 1140. The van der Waals surface area contributed by atoms with Crippen molar-refractivity contribution in [2.24, 2.45) is 0 Å². The van der Waals surface area contributed by atoms with E-state index in [1.165, 1.54) is 0 Å². The molecule has 1 aliphatic heterocycles. The summed E-state index contributed by atoms with van der Waals surface area (Å²) in [4.78, 5) is 2.11. The largest absolute Gasteiger partial charge is 0.369 e. The van der Waals surface area contributed by atoms with E-state index in [2.05, 4.69) is 16.1 Å². The van der Waals surface area contributed by atoms with Crippen molar-refractivity contribution < 1.29 is 8.42 Å². The molecule has 0 unspecified atom stereocenters. The molecule has 3 aromatic rings. The molecular formula is C21H20N4O2S. The van der Waals surface area contributed by atoms with E-state index in [0.29, 0.717) is 18.7 Å². The third-order valence-electron chi connectivity index (χ3n) is 5.07. The molecule has 1 aromatic heterocycles. The lowest BCUT2D eigenvalue weighted by Crippen LogP contribution is -2.40. The van der Waals surface area contributed by atoms with Gasteiger partial charge in [-0.25, -0.2) is 13.1 Å². The Morgan fingerprint density at radius 3 is 2.39 bits per heavy atom. The van der Waals surface area contributed by atoms with Crippen LogP contribution in [0, 0.1) is 18.3 Å². The molecule has 1 saturated heterocycles. The molecule has 0 bridgehead atoms. The van der Waals surface area contributed by atoms with E-state index >= 15 is 0 Å². The maximum Gasteiger partial charge on any atom is 0.153 e. The lowest BCUT2D eigenvalue weighted by Gasteiger charge is -2.28. The zero-order valence-electron chi connectivity index (χ0n) is 15.5. The van der Waals surface area contributed by atoms with Crippen molar-refractivity contribution in [3.8, 4) is 22.9 Å². The first kappa shape index (κ1) is 18.3. The SMILES string of the molecule is Cc1cc(C#N)ccc1-n1cc(-c2ccc(N3CCS(=O)(=O)CC3)cc2)cn1. The average molecular weight is 392 g/mol. The fourth-order valence-corrected chi connectivity index (χ4v) is 4.62. The van der Waals surface area contributed by atoms with Gasteiger partial charge in [0.25, 0.3) is 0 Å². The fraction of sp³-hybridized carbons (Fsp3) is 0.238. The molecule has 1 fully saturated rings. The van der Waals surface area contributed by atoms with E-state index in [9.17, 15) is 8.42 Å². The minimum absolute atomic E-state index is 0.214. The zero-order valence-corrected chi connectivity index (χ0v) is 16.4. The average Bonchev–Trinajstić information content (AvgIpc) is 3.18. The number of aryl methyl sites for hydroxylation is 1. The van der Waals surface area contributed by atoms with Crippen LogP contribution in [0.2, 0.25) is 0 Å². The first-order chi connectivity index (χ1) is 13.4. The van der Waals surface area contributed by atoms with Crippen LogP contribution in [0.1, 0.15) is 11.1 Å². The lowest BCUT2D eigenvalue weighted by atomic mass is 10.1. The van der Waals surface area contributed by atoms with Gasteiger partial charge in [0, 0.05) is 30.5 Å². The smallest absolute Gasteiger partial charge is 0.153 e. The number of aromatic nitrogens is 2. The summed E-state index contributed by atoms with van der Waals surface area (Å²) in [6, 6.07) is 15.8. The quantitative estimate of drug-likeness (QED) is 0.685. The number of sulfone groups is 1. The molecule has 6 nitrogen and oxygen atoms in total. The molecule has 2 aromatic carbocycles. The molecule has 7 heteroatoms. The molecule has 28 heavy (non-hydrogen) atoms. The number of anilines is 1. The van der Waals surface area contributed by atoms with Crippen LogP contribution in [0.5, 0.6) is 0 Å². The molecule has 4 rings (SSSR count). The van der Waals surface area contributed by atoms with E-state index in [-0.39, 0.29) is 11.5 Å². The molecule has 0 radical (unpaired) electrons. The molecule has 1 aliphatic rings. The van der Waals surface area contributed by atoms with Crippen LogP contribution < -0.4 is 4.90 Å². The van der Waals surface area contributed by atoms with Gasteiger partial charge in [-0.1, -0.05) is 12.1 Å². The minimum Gasteiger partial charge on any atom is -0.369 e. The summed E-state index contributed by atoms with van der Waals surface area (Å²) < 4.78 is 25.0. The Labute approximate surface area is 164 Å². The van der Waals surface area contributed by atoms with Gasteiger partial charge in [0.15, 0.2) is 9.84 Å². The Morgan fingerprint density at radius 2 is 1.75 bits per heavy atom. The van der Waals surface area contributed by atoms with Crippen molar-refractivity contribution in [1.82, 2.24) is 9.78 Å². The van der Waals surface area contributed by atoms with Crippen LogP contribution in [0.15, 0.2) is 54.9 Å². The van der Waals surface area contributed by atoms with Gasteiger partial charge >= 0.3 is 0 Å². The highest BCUT2D eigenvalue weighted by Crippen LogP contribution is 2.25. The maximum absolute atomic E-state index is 11.6. The second kappa shape index (κ2) is 7.13. The number of rotatable bonds is 3. The molecule has 142 valence electrons. The van der Waals surface area contributed by atoms with E-state index in [1.54, 1.807) is 6.07 Å². The van der Waals surface area contributed by atoms with Gasteiger partial charge in [-0.3, -0.25) is 0 Å². The standard InChI is InChI=1S/C21H20N4O2S/c1-16-12-17(13-22)2-7-21(16)25-15-19(14-23-25)18-3-5-20(6-4-18)24-8-10-28(26,27)11-9-24/h2-7,12,14-15H,8-11H2,1H3. The summed E-state index contributed by atoms with van der Waals surface area (Å²) in [7, 11) is -2.88. The molecule has 2 heterocycles. The van der Waals surface area contributed by atoms with Crippen molar-refractivity contribution in [2.45, 2.75) is 6.92 Å². The summed E-state index contributed by atoms with van der Waals surface area (Å²) in [5.74, 6) is 0.428. The van der Waals surface area contributed by atoms with E-state index in [0.717, 1.165) is 28.1 Å². The van der Waals surface area contributed by atoms with Crippen LogP contribution in [-0.2, 0) is 9.84 Å². The highest BCUT2D eigenvalue weighted by atomic mass is 32.2. The van der Waals surface area contributed by atoms with Crippen LogP contribution in [0.4, 0.5) is 5.69 Å². The summed E-state index contributed by atoms with van der Waals surface area (Å²) in [6.45, 7) is 3.04. The van der Waals surface area contributed by atoms with Crippen LogP contribution in [0.25, 0.3) is 16.8 Å². The van der Waals surface area contributed by atoms with Crippen LogP contribution >= 0.6 is 0 Å². The Hall–Kier alpha value is -3.11. The van der Waals surface area contributed by atoms with Gasteiger partial charge in [-0.2, -0.15) is 10.4 Å². The Balaban J connectivity index is 1.54. The molecular weight excluding hydrogens is 372 g/mol. The lowest BCUT2D eigenvalue weighted by molar-refractivity contribution is 0.587. The normalized spacial score (nSPS) is 15.9. The number of benzene rings is 2. The van der Waals surface area contributed by atoms with E-state index in [1.807, 2.05) is 60.4 Å². The predicted octanol–water partition coefficient (Wildman–Crippen LogP) is 2.95. The third kappa shape index (κ3) is 3.64. The third-order valence-corrected chi connectivity index (χ3v) is 6.67. The highest BCUT2D eigenvalue weighted by molar-refractivity contribution is 7.91. The second-order valence-corrected chi connectivity index (χ2v) is 9.28. The van der Waals surface area contributed by atoms with Crippen LogP contribution in [0.3, 0.4) is 0 Å². The van der Waals surface area contributed by atoms with E-state index < -0.39 is 9.84 Å². The summed E-state index contributed by atoms with van der Waals surface area (Å²) in [6.07, 6.45) is 3.79. The second-order valence-electron chi connectivity index (χ2n) is 6.97. The van der Waals surface area contributed by atoms with Crippen molar-refractivity contribution >= 4 is 15.5 Å². The number of nitriles is 1. The topological polar surface area (TPSA) is 79.0 Å². The van der Waals surface area contributed by atoms with Gasteiger partial charge in [-0.15, -0.1) is 0 Å². The van der Waals surface area contributed by atoms with Gasteiger partial charge < -0.3 is 4.90 Å². The summed E-state index contributed by atoms with van der Waals surface area (Å²) >= 11 is 0. The summed E-state index contributed by atoms with van der Waals surface area (Å²) in [5.41, 5.74) is 5.65. The highest BCUT2D eigenvalue weighted by Gasteiger charge is 2.21. The molecule has 0 spiro atoms. The first-order valence-corrected chi connectivity index (χ1v) is 10.9. The van der Waals surface area contributed by atoms with Crippen molar-refractivity contribution in [3.05, 3.63) is 66.0 Å². The van der Waals surface area contributed by atoms with Gasteiger partial charge in [-0.05, 0) is 48.4 Å². The zero-order chi connectivity index (χ0) is 19.7. The van der Waals surface area contributed by atoms with Crippen LogP contribution in [-0.4, -0.2) is 42.8 Å². The van der Waals surface area contributed by atoms with Crippen molar-refractivity contribution in [2.75, 3.05) is 29.5 Å². The molecule has 0 saturated carbocycles. The van der Waals surface area contributed by atoms with Gasteiger partial charge in [0.1, 0.15) is 0 Å². The fourth-order valence-electron chi connectivity index (χ4n) is 3.42. The number of hydrogen-bond acceptors (Lipinski definition) is 5. The number of hydrogen-bond donors (Lipinski definition) is 0. The molecule has 0 N–H and O–H groups in total. The first-order valence-electron chi connectivity index (χ1n) is 9.07. The van der Waals surface area contributed by atoms with Crippen molar-refractivity contribution in [3.63, 3.8) is 0 Å². The summed E-state index contributed by atoms with van der Waals surface area (Å²) in [5, 5.41) is 13.5. The maximum atomic E-state index is 11.6. The van der Waals surface area contributed by atoms with Gasteiger partial charge in [0.2, 0.25) is 0 Å². The van der Waals surface area contributed by atoms with Crippen molar-refractivity contribution in [1.29, 1.82) is 5.26 Å². The van der Waals surface area contributed by atoms with Gasteiger partial charge in [0.05, 0.1) is 35.0 Å². The minimum atomic E-state index is -2.88. The molecule has 0 aliphatic carbocycles. The predicted molar refractivity (Wildman–Crippen MR) is 109 cm³/mol. The van der Waals surface area contributed by atoms with E-state index in [4.69, 9.17) is 5.26 Å². The molecule has 0 amide bonds.